The number of hydrogen-bond donors (Lipinski definition) is 0. The van der Waals surface area contributed by atoms with Gasteiger partial charge >= 0.3 is 0 Å². The number of pyridine rings is 2. The first-order valence-electron chi connectivity index (χ1n) is 19.2. The van der Waals surface area contributed by atoms with Crippen molar-refractivity contribution in [3.05, 3.63) is 175 Å². The van der Waals surface area contributed by atoms with Crippen molar-refractivity contribution in [2.24, 2.45) is 0 Å². The van der Waals surface area contributed by atoms with Gasteiger partial charge in [-0.2, -0.15) is 0 Å². The summed E-state index contributed by atoms with van der Waals surface area (Å²) in [5.41, 5.74) is 12.4. The minimum atomic E-state index is 0.363. The van der Waals surface area contributed by atoms with E-state index in [0.29, 0.717) is 11.8 Å². The third kappa shape index (κ3) is 5.22. The van der Waals surface area contributed by atoms with Gasteiger partial charge in [0.2, 0.25) is 0 Å². The van der Waals surface area contributed by atoms with Crippen LogP contribution in [0.5, 0.6) is 0 Å². The van der Waals surface area contributed by atoms with E-state index in [1.807, 2.05) is 0 Å². The minimum Gasteiger partial charge on any atom is -0.295 e. The number of aromatic nitrogens is 4. The first kappa shape index (κ1) is 32.9. The van der Waals surface area contributed by atoms with Crippen LogP contribution in [-0.2, 0) is 0 Å². The molecule has 0 atom stereocenters. The summed E-state index contributed by atoms with van der Waals surface area (Å²) >= 11 is 0. The zero-order valence-electron chi connectivity index (χ0n) is 31.5. The highest BCUT2D eigenvalue weighted by Crippen LogP contribution is 2.43. The number of anilines is 3. The highest BCUT2D eigenvalue weighted by molar-refractivity contribution is 6.14. The van der Waals surface area contributed by atoms with Gasteiger partial charge < -0.3 is 0 Å². The number of nitrogens with zero attached hydrogens (tertiary/aromatic N) is 5. The minimum absolute atomic E-state index is 0.363. The van der Waals surface area contributed by atoms with Gasteiger partial charge in [0, 0.05) is 44.2 Å². The van der Waals surface area contributed by atoms with Crippen LogP contribution in [0, 0.1) is 0 Å². The molecule has 0 radical (unpaired) electrons. The summed E-state index contributed by atoms with van der Waals surface area (Å²) < 4.78 is 4.67. The van der Waals surface area contributed by atoms with E-state index in [2.05, 4.69) is 205 Å². The SMILES string of the molecule is CC(C)c1cccc(C(C)C)c1-c1cnc2c3cc(N(c4ccccc4)c4ccc5c6ccccc6n(-c6ccccc6)c5n4)ccc3c3ccccc3n12. The molecule has 0 aliphatic carbocycles. The average Bonchev–Trinajstić information content (AvgIpc) is 3.81. The van der Waals surface area contributed by atoms with Gasteiger partial charge in [0.15, 0.2) is 0 Å². The Morgan fingerprint density at radius 2 is 1.11 bits per heavy atom. The van der Waals surface area contributed by atoms with Gasteiger partial charge in [0.1, 0.15) is 17.1 Å². The molecule has 0 amide bonds. The topological polar surface area (TPSA) is 38.4 Å². The van der Waals surface area contributed by atoms with Crippen molar-refractivity contribution in [3.8, 4) is 16.9 Å². The molecule has 0 bridgehead atoms. The average molecular weight is 712 g/mol. The molecule has 4 heterocycles. The van der Waals surface area contributed by atoms with Crippen LogP contribution in [-0.4, -0.2) is 18.9 Å². The molecule has 5 heteroatoms. The van der Waals surface area contributed by atoms with E-state index in [9.17, 15) is 0 Å². The molecular formula is C50H41N5. The first-order valence-corrected chi connectivity index (χ1v) is 19.2. The van der Waals surface area contributed by atoms with Crippen LogP contribution in [0.2, 0.25) is 0 Å². The summed E-state index contributed by atoms with van der Waals surface area (Å²) in [6, 6.07) is 56.4. The number of fused-ring (bicyclic) bond motifs is 9. The van der Waals surface area contributed by atoms with Crippen LogP contribution in [0.1, 0.15) is 50.7 Å². The monoisotopic (exact) mass is 711 g/mol. The Hall–Kier alpha value is -6.72. The number of hydrogen-bond acceptors (Lipinski definition) is 3. The number of rotatable bonds is 7. The maximum atomic E-state index is 5.50. The maximum Gasteiger partial charge on any atom is 0.148 e. The zero-order chi connectivity index (χ0) is 37.2. The lowest BCUT2D eigenvalue weighted by Gasteiger charge is -2.25. The molecule has 0 saturated carbocycles. The Kier molecular flexibility index (Phi) is 7.77. The summed E-state index contributed by atoms with van der Waals surface area (Å²) in [6.07, 6.45) is 2.09. The molecule has 266 valence electrons. The second kappa shape index (κ2) is 13.0. The molecule has 0 aliphatic heterocycles. The van der Waals surface area contributed by atoms with E-state index in [1.54, 1.807) is 0 Å². The fourth-order valence-corrected chi connectivity index (χ4v) is 8.58. The van der Waals surface area contributed by atoms with Crippen molar-refractivity contribution < 1.29 is 0 Å². The summed E-state index contributed by atoms with van der Waals surface area (Å²) in [6.45, 7) is 9.15. The predicted octanol–water partition coefficient (Wildman–Crippen LogP) is 13.5. The molecule has 0 aliphatic rings. The molecule has 0 spiro atoms. The van der Waals surface area contributed by atoms with E-state index in [-0.39, 0.29) is 0 Å². The first-order chi connectivity index (χ1) is 27.0. The highest BCUT2D eigenvalue weighted by Gasteiger charge is 2.23. The van der Waals surface area contributed by atoms with Gasteiger partial charge in [-0.15, -0.1) is 0 Å². The summed E-state index contributed by atoms with van der Waals surface area (Å²) in [5, 5.41) is 5.76. The van der Waals surface area contributed by atoms with Crippen molar-refractivity contribution >= 4 is 66.5 Å². The van der Waals surface area contributed by atoms with Crippen LogP contribution in [0.15, 0.2) is 164 Å². The van der Waals surface area contributed by atoms with Crippen molar-refractivity contribution in [2.45, 2.75) is 39.5 Å². The van der Waals surface area contributed by atoms with E-state index in [0.717, 1.165) is 61.7 Å². The van der Waals surface area contributed by atoms with Crippen molar-refractivity contribution in [1.82, 2.24) is 18.9 Å². The third-order valence-electron chi connectivity index (χ3n) is 11.1. The van der Waals surface area contributed by atoms with Gasteiger partial charge in [-0.3, -0.25) is 13.9 Å². The quantitative estimate of drug-likeness (QED) is 0.155. The lowest BCUT2D eigenvalue weighted by atomic mass is 9.87. The molecule has 0 N–H and O–H groups in total. The molecule has 0 saturated heterocycles. The molecule has 0 fully saturated rings. The second-order valence-corrected chi connectivity index (χ2v) is 15.1. The van der Waals surface area contributed by atoms with Crippen LogP contribution < -0.4 is 4.90 Å². The number of benzene rings is 6. The van der Waals surface area contributed by atoms with E-state index in [4.69, 9.17) is 9.97 Å². The van der Waals surface area contributed by atoms with Crippen molar-refractivity contribution in [2.75, 3.05) is 4.90 Å². The molecule has 6 aromatic carbocycles. The fraction of sp³-hybridized carbons (Fsp3) is 0.120. The fourth-order valence-electron chi connectivity index (χ4n) is 8.58. The Morgan fingerprint density at radius 3 is 1.82 bits per heavy atom. The molecule has 5 nitrogen and oxygen atoms in total. The van der Waals surface area contributed by atoms with Gasteiger partial charge in [-0.1, -0.05) is 125 Å². The molecule has 0 unspecified atom stereocenters. The maximum absolute atomic E-state index is 5.50. The van der Waals surface area contributed by atoms with Gasteiger partial charge in [-0.25, -0.2) is 9.97 Å². The van der Waals surface area contributed by atoms with Crippen LogP contribution in [0.3, 0.4) is 0 Å². The Bertz CT molecular complexity index is 3020. The number of imidazole rings is 1. The summed E-state index contributed by atoms with van der Waals surface area (Å²) in [7, 11) is 0. The van der Waals surface area contributed by atoms with Gasteiger partial charge in [-0.05, 0) is 89.0 Å². The van der Waals surface area contributed by atoms with Crippen molar-refractivity contribution in [3.63, 3.8) is 0 Å². The largest absolute Gasteiger partial charge is 0.295 e. The third-order valence-corrected chi connectivity index (χ3v) is 11.1. The molecule has 55 heavy (non-hydrogen) atoms. The predicted molar refractivity (Wildman–Crippen MR) is 231 cm³/mol. The van der Waals surface area contributed by atoms with E-state index < -0.39 is 0 Å². The smallest absolute Gasteiger partial charge is 0.148 e. The van der Waals surface area contributed by atoms with E-state index >= 15 is 0 Å². The van der Waals surface area contributed by atoms with Crippen LogP contribution >= 0.6 is 0 Å². The molecular weight excluding hydrogens is 671 g/mol. The van der Waals surface area contributed by atoms with Crippen LogP contribution in [0.25, 0.3) is 66.2 Å². The molecule has 10 aromatic rings. The second-order valence-electron chi connectivity index (χ2n) is 15.1. The Morgan fingerprint density at radius 1 is 0.491 bits per heavy atom. The van der Waals surface area contributed by atoms with Crippen molar-refractivity contribution in [1.29, 1.82) is 0 Å². The summed E-state index contributed by atoms with van der Waals surface area (Å²) in [4.78, 5) is 13.0. The lowest BCUT2D eigenvalue weighted by Crippen LogP contribution is -2.12. The van der Waals surface area contributed by atoms with Crippen LogP contribution in [0.4, 0.5) is 17.2 Å². The summed E-state index contributed by atoms with van der Waals surface area (Å²) in [5.74, 6) is 1.57. The Labute approximate surface area is 320 Å². The highest BCUT2D eigenvalue weighted by atomic mass is 15.2. The zero-order valence-corrected chi connectivity index (χ0v) is 31.5. The lowest BCUT2D eigenvalue weighted by molar-refractivity contribution is 0.836. The van der Waals surface area contributed by atoms with E-state index in [1.165, 1.54) is 32.8 Å². The molecule has 10 rings (SSSR count). The normalized spacial score (nSPS) is 12.0. The van der Waals surface area contributed by atoms with Gasteiger partial charge in [0.05, 0.1) is 22.9 Å². The number of para-hydroxylation sites is 4. The standard InChI is InChI=1S/C50H41N5/c1-32(2)37-22-15-23-38(33(3)4)48(37)46-31-51-49-43-30-36(26-27-39(43)40-20-11-14-25-45(40)55(46)49)53(34-16-7-5-8-17-34)47-29-28-42-41-21-12-13-24-44(41)54(50(42)52-47)35-18-9-6-10-19-35/h5-33H,1-4H3. The Balaban J connectivity index is 1.25. The molecule has 4 aromatic heterocycles. The van der Waals surface area contributed by atoms with Gasteiger partial charge in [0.25, 0.3) is 0 Å².